The van der Waals surface area contributed by atoms with E-state index in [0.29, 0.717) is 0 Å². The molecule has 0 saturated carbocycles. The van der Waals surface area contributed by atoms with Gasteiger partial charge in [0, 0.05) is 24.5 Å². The summed E-state index contributed by atoms with van der Waals surface area (Å²) in [4.78, 5) is 3.78. The second-order valence-electron chi connectivity index (χ2n) is 2.26. The first kappa shape index (κ1) is 9.19. The van der Waals surface area contributed by atoms with E-state index in [0.717, 1.165) is 4.73 Å². The monoisotopic (exact) mass is 174 g/mol. The van der Waals surface area contributed by atoms with Crippen molar-refractivity contribution < 1.29 is 4.73 Å². The molecule has 13 heavy (non-hydrogen) atoms. The second-order valence-corrected chi connectivity index (χ2v) is 2.26. The summed E-state index contributed by atoms with van der Waals surface area (Å²) in [5.41, 5.74) is 0. The smallest absolute Gasteiger partial charge is 0.180 e. The van der Waals surface area contributed by atoms with Gasteiger partial charge in [-0.25, -0.2) is 0 Å². The summed E-state index contributed by atoms with van der Waals surface area (Å²) in [6, 6.07) is 10.9. The fourth-order valence-corrected chi connectivity index (χ4v) is 0.695. The number of aromatic nitrogens is 2. The molecule has 0 N–H and O–H groups in total. The van der Waals surface area contributed by atoms with Gasteiger partial charge in [-0.2, -0.15) is 4.73 Å². The van der Waals surface area contributed by atoms with Crippen molar-refractivity contribution in [3.8, 4) is 0 Å². The maximum Gasteiger partial charge on any atom is 0.180 e. The zero-order valence-electron chi connectivity index (χ0n) is 7.08. The molecule has 2 rings (SSSR count). The molecular formula is C10H10N2O. The molecular weight excluding hydrogens is 164 g/mol. The summed E-state index contributed by atoms with van der Waals surface area (Å²) in [7, 11) is 0. The third-order valence-electron chi connectivity index (χ3n) is 1.25. The molecule has 3 nitrogen and oxygen atoms in total. The Morgan fingerprint density at radius 3 is 1.54 bits per heavy atom. The summed E-state index contributed by atoms with van der Waals surface area (Å²) >= 11 is 0. The molecule has 0 aliphatic carbocycles. The Morgan fingerprint density at radius 1 is 0.769 bits per heavy atom. The van der Waals surface area contributed by atoms with Crippen molar-refractivity contribution in [3.63, 3.8) is 0 Å². The van der Waals surface area contributed by atoms with E-state index in [1.54, 1.807) is 30.6 Å². The first-order chi connectivity index (χ1) is 6.39. The van der Waals surface area contributed by atoms with Crippen LogP contribution in [0.15, 0.2) is 61.2 Å². The van der Waals surface area contributed by atoms with E-state index in [4.69, 9.17) is 0 Å². The summed E-state index contributed by atoms with van der Waals surface area (Å²) in [5.74, 6) is 0. The van der Waals surface area contributed by atoms with E-state index >= 15 is 0 Å². The van der Waals surface area contributed by atoms with E-state index in [-0.39, 0.29) is 0 Å². The van der Waals surface area contributed by atoms with Gasteiger partial charge in [-0.15, -0.1) is 0 Å². The molecule has 0 unspecified atom stereocenters. The molecule has 0 aliphatic rings. The molecule has 0 bridgehead atoms. The summed E-state index contributed by atoms with van der Waals surface area (Å²) in [6.07, 6.45) is 6.39. The minimum Gasteiger partial charge on any atom is -0.619 e. The van der Waals surface area contributed by atoms with Gasteiger partial charge in [0.15, 0.2) is 12.4 Å². The molecule has 0 aliphatic heterocycles. The summed E-state index contributed by atoms with van der Waals surface area (Å²) in [6.45, 7) is 0. The lowest BCUT2D eigenvalue weighted by atomic mass is 10.5. The van der Waals surface area contributed by atoms with Gasteiger partial charge < -0.3 is 5.21 Å². The van der Waals surface area contributed by atoms with E-state index in [9.17, 15) is 5.21 Å². The average molecular weight is 174 g/mol. The van der Waals surface area contributed by atoms with Gasteiger partial charge >= 0.3 is 0 Å². The first-order valence-electron chi connectivity index (χ1n) is 3.88. The SMILES string of the molecule is [O-][n+]1ccccc1.c1ccncc1. The zero-order valence-corrected chi connectivity index (χ0v) is 7.08. The Morgan fingerprint density at radius 2 is 1.31 bits per heavy atom. The lowest BCUT2D eigenvalue weighted by Gasteiger charge is -1.88. The molecule has 0 atom stereocenters. The topological polar surface area (TPSA) is 39.8 Å². The second kappa shape index (κ2) is 5.71. The van der Waals surface area contributed by atoms with Crippen molar-refractivity contribution in [1.82, 2.24) is 4.98 Å². The average Bonchev–Trinajstić information content (AvgIpc) is 2.22. The molecule has 3 heteroatoms. The number of rotatable bonds is 0. The van der Waals surface area contributed by atoms with Gasteiger partial charge in [0.2, 0.25) is 0 Å². The third-order valence-corrected chi connectivity index (χ3v) is 1.25. The first-order valence-corrected chi connectivity index (χ1v) is 3.88. The van der Waals surface area contributed by atoms with Gasteiger partial charge in [-0.1, -0.05) is 12.1 Å². The highest BCUT2D eigenvalue weighted by atomic mass is 16.5. The largest absolute Gasteiger partial charge is 0.619 e. The van der Waals surface area contributed by atoms with Crippen molar-refractivity contribution >= 4 is 0 Å². The molecule has 0 fully saturated rings. The van der Waals surface area contributed by atoms with E-state index < -0.39 is 0 Å². The van der Waals surface area contributed by atoms with Crippen LogP contribution in [-0.2, 0) is 0 Å². The fraction of sp³-hybridized carbons (Fsp3) is 0. The van der Waals surface area contributed by atoms with Crippen LogP contribution in [0.3, 0.4) is 0 Å². The Labute approximate surface area is 76.9 Å². The Bertz CT molecular complexity index is 283. The van der Waals surface area contributed by atoms with E-state index in [1.165, 1.54) is 12.4 Å². The van der Waals surface area contributed by atoms with Crippen LogP contribution in [0.1, 0.15) is 0 Å². The predicted octanol–water partition coefficient (Wildman–Crippen LogP) is 1.40. The fourth-order valence-electron chi connectivity index (χ4n) is 0.695. The van der Waals surface area contributed by atoms with Crippen molar-refractivity contribution in [2.45, 2.75) is 0 Å². The van der Waals surface area contributed by atoms with E-state index in [2.05, 4.69) is 4.98 Å². The standard InChI is InChI=1S/C5H5NO.C5H5N/c7-6-4-2-1-3-5-6;1-2-4-6-5-3-1/h1-5H;1-5H. The number of nitrogens with zero attached hydrogens (tertiary/aromatic N) is 2. The van der Waals surface area contributed by atoms with Gasteiger partial charge in [-0.05, 0) is 12.1 Å². The summed E-state index contributed by atoms with van der Waals surface area (Å²) in [5, 5.41) is 10.2. The van der Waals surface area contributed by atoms with Crippen molar-refractivity contribution in [3.05, 3.63) is 66.4 Å². The molecule has 2 aromatic rings. The highest BCUT2D eigenvalue weighted by Gasteiger charge is 1.75. The number of hydrogen-bond acceptors (Lipinski definition) is 2. The lowest BCUT2D eigenvalue weighted by molar-refractivity contribution is -0.605. The van der Waals surface area contributed by atoms with Crippen LogP contribution in [0, 0.1) is 5.21 Å². The molecule has 66 valence electrons. The summed E-state index contributed by atoms with van der Waals surface area (Å²) < 4.78 is 0.750. The molecule has 2 heterocycles. The highest BCUT2D eigenvalue weighted by molar-refractivity contribution is 4.88. The lowest BCUT2D eigenvalue weighted by Crippen LogP contribution is -2.22. The van der Waals surface area contributed by atoms with Crippen LogP contribution in [0.5, 0.6) is 0 Å². The van der Waals surface area contributed by atoms with Crippen LogP contribution in [0.4, 0.5) is 0 Å². The van der Waals surface area contributed by atoms with Gasteiger partial charge in [0.05, 0.1) is 0 Å². The minimum atomic E-state index is 0.750. The number of pyridine rings is 2. The van der Waals surface area contributed by atoms with Crippen molar-refractivity contribution in [2.24, 2.45) is 0 Å². The molecule has 0 saturated heterocycles. The molecule has 2 aromatic heterocycles. The maximum atomic E-state index is 10.2. The quantitative estimate of drug-likeness (QED) is 0.447. The Balaban J connectivity index is 0.000000132. The Kier molecular flexibility index (Phi) is 4.04. The van der Waals surface area contributed by atoms with Crippen LogP contribution >= 0.6 is 0 Å². The Hall–Kier alpha value is -1.90. The van der Waals surface area contributed by atoms with E-state index in [1.807, 2.05) is 18.2 Å². The van der Waals surface area contributed by atoms with Crippen LogP contribution in [0.25, 0.3) is 0 Å². The van der Waals surface area contributed by atoms with Crippen LogP contribution in [0.2, 0.25) is 0 Å². The zero-order chi connectivity index (χ0) is 9.36. The normalized spacial score (nSPS) is 8.31. The van der Waals surface area contributed by atoms with Crippen LogP contribution < -0.4 is 4.73 Å². The van der Waals surface area contributed by atoms with Gasteiger partial charge in [-0.3, -0.25) is 4.98 Å². The van der Waals surface area contributed by atoms with Gasteiger partial charge in [0.25, 0.3) is 0 Å². The van der Waals surface area contributed by atoms with Crippen LogP contribution in [-0.4, -0.2) is 4.98 Å². The predicted molar refractivity (Wildman–Crippen MR) is 49.6 cm³/mol. The third kappa shape index (κ3) is 4.53. The number of hydrogen-bond donors (Lipinski definition) is 0. The minimum absolute atomic E-state index is 0.750. The maximum absolute atomic E-state index is 10.2. The molecule has 0 amide bonds. The van der Waals surface area contributed by atoms with Gasteiger partial charge in [0.1, 0.15) is 0 Å². The molecule has 0 spiro atoms. The molecule has 0 aromatic carbocycles. The van der Waals surface area contributed by atoms with Crippen molar-refractivity contribution in [1.29, 1.82) is 0 Å². The van der Waals surface area contributed by atoms with Crippen molar-refractivity contribution in [2.75, 3.05) is 0 Å². The molecule has 0 radical (unpaired) electrons. The highest BCUT2D eigenvalue weighted by Crippen LogP contribution is 1.73.